The van der Waals surface area contributed by atoms with Gasteiger partial charge in [-0.05, 0) is 87.8 Å². The molecule has 260 valence electrons. The largest absolute Gasteiger partial charge is 1.00 e. The Labute approximate surface area is 306 Å². The number of unbranched alkanes of at least 4 members (excludes halogenated alkanes) is 12. The van der Waals surface area contributed by atoms with Gasteiger partial charge in [0.25, 0.3) is 0 Å². The molecule has 0 spiro atoms. The zero-order chi connectivity index (χ0) is 32.4. The fourth-order valence-electron chi connectivity index (χ4n) is 6.37. The van der Waals surface area contributed by atoms with Crippen LogP contribution in [-0.4, -0.2) is 25.7 Å². The van der Waals surface area contributed by atoms with Gasteiger partial charge in [-0.2, -0.15) is 0 Å². The van der Waals surface area contributed by atoms with E-state index >= 15 is 0 Å². The summed E-state index contributed by atoms with van der Waals surface area (Å²) in [6, 6.07) is 33.8. The molecule has 0 atom stereocenters. The van der Waals surface area contributed by atoms with Gasteiger partial charge in [-0.3, -0.25) is 0 Å². The van der Waals surface area contributed by atoms with E-state index in [0.29, 0.717) is 0 Å². The molecule has 47 heavy (non-hydrogen) atoms. The van der Waals surface area contributed by atoms with E-state index in [0.717, 1.165) is 45.3 Å². The van der Waals surface area contributed by atoms with Crippen molar-refractivity contribution >= 4 is 23.2 Å². The lowest BCUT2D eigenvalue weighted by molar-refractivity contribution is -0.148. The van der Waals surface area contributed by atoms with Crippen LogP contribution in [0.4, 0.5) is 0 Å². The average Bonchev–Trinajstić information content (AvgIpc) is 3.11. The molecule has 0 saturated heterocycles. The average molecular weight is 771 g/mol. The van der Waals surface area contributed by atoms with Gasteiger partial charge in [0, 0.05) is 13.2 Å². The Bertz CT molecular complexity index is 1030. The molecule has 0 aliphatic rings. The molecule has 3 aromatic carbocycles. The summed E-state index contributed by atoms with van der Waals surface area (Å²) < 4.78 is 12.4. The fourth-order valence-corrected chi connectivity index (χ4v) is 10.7. The van der Waals surface area contributed by atoms with Gasteiger partial charge in [-0.1, -0.05) is 138 Å². The van der Waals surface area contributed by atoms with Crippen LogP contribution >= 0.6 is 7.26 Å². The summed E-state index contributed by atoms with van der Waals surface area (Å²) in [6.07, 6.45) is 27.0. The van der Waals surface area contributed by atoms with Crippen molar-refractivity contribution in [2.75, 3.05) is 19.4 Å². The molecule has 0 N–H and O–H groups in total. The maximum absolute atomic E-state index is 6.21. The van der Waals surface area contributed by atoms with Crippen LogP contribution in [0.1, 0.15) is 123 Å². The van der Waals surface area contributed by atoms with Crippen molar-refractivity contribution in [2.24, 2.45) is 0 Å². The van der Waals surface area contributed by atoms with Crippen molar-refractivity contribution in [1.29, 1.82) is 0 Å². The zero-order valence-electron chi connectivity index (χ0n) is 29.7. The van der Waals surface area contributed by atoms with Crippen molar-refractivity contribution in [2.45, 2.75) is 129 Å². The first-order chi connectivity index (χ1) is 22.8. The first-order valence-corrected chi connectivity index (χ1v) is 20.7. The minimum atomic E-state index is -1.72. The Balaban J connectivity index is 0.00000768. The highest BCUT2D eigenvalue weighted by molar-refractivity contribution is 7.95. The molecule has 0 aromatic heterocycles. The lowest BCUT2D eigenvalue weighted by Crippen LogP contribution is -3.00. The van der Waals surface area contributed by atoms with Gasteiger partial charge in [0.15, 0.2) is 6.29 Å². The minimum absolute atomic E-state index is 0. The van der Waals surface area contributed by atoms with E-state index in [4.69, 9.17) is 9.47 Å². The van der Waals surface area contributed by atoms with E-state index in [-0.39, 0.29) is 30.3 Å². The molecule has 0 saturated carbocycles. The smallest absolute Gasteiger partial charge is 0.157 e. The monoisotopic (exact) mass is 770 g/mol. The van der Waals surface area contributed by atoms with Gasteiger partial charge in [0.1, 0.15) is 23.2 Å². The normalized spacial score (nSPS) is 11.7. The molecule has 3 aromatic rings. The minimum Gasteiger partial charge on any atom is -1.00 e. The predicted molar refractivity (Wildman–Crippen MR) is 205 cm³/mol. The second kappa shape index (κ2) is 27.3. The second-order valence-corrected chi connectivity index (χ2v) is 16.4. The second-order valence-electron chi connectivity index (χ2n) is 12.8. The summed E-state index contributed by atoms with van der Waals surface area (Å²) in [4.78, 5) is 0. The molecule has 0 heterocycles. The third-order valence-electron chi connectivity index (χ3n) is 9.04. The molecule has 2 nitrogen and oxygen atoms in total. The van der Waals surface area contributed by atoms with Crippen LogP contribution in [0.15, 0.2) is 103 Å². The van der Waals surface area contributed by atoms with Crippen LogP contribution in [0.2, 0.25) is 0 Å². The first kappa shape index (κ1) is 41.7. The van der Waals surface area contributed by atoms with Gasteiger partial charge in [0.2, 0.25) is 0 Å². The molecule has 0 radical (unpaired) electrons. The van der Waals surface area contributed by atoms with Crippen LogP contribution < -0.4 is 39.9 Å². The Morgan fingerprint density at radius 3 is 1.34 bits per heavy atom. The molecule has 0 aliphatic carbocycles. The maximum atomic E-state index is 6.21. The van der Waals surface area contributed by atoms with Crippen LogP contribution in [0.5, 0.6) is 0 Å². The molecule has 4 heteroatoms. The zero-order valence-corrected chi connectivity index (χ0v) is 32.7. The van der Waals surface area contributed by atoms with Crippen molar-refractivity contribution in [3.8, 4) is 0 Å². The van der Waals surface area contributed by atoms with Crippen molar-refractivity contribution in [3.05, 3.63) is 103 Å². The summed E-state index contributed by atoms with van der Waals surface area (Å²) >= 11 is 0. The number of ether oxygens (including phenoxy) is 2. The van der Waals surface area contributed by atoms with E-state index in [1.165, 1.54) is 99.1 Å². The number of rotatable bonds is 27. The summed E-state index contributed by atoms with van der Waals surface area (Å²) in [5.74, 6) is 0. The third-order valence-corrected chi connectivity index (χ3v) is 13.6. The topological polar surface area (TPSA) is 18.5 Å². The standard InChI is InChI=1S/C43H64O2P.HI/c1-3-5-7-14-27-37-44-43(45-38-28-15-8-6-4-2)36-26-13-11-9-10-12-16-29-39-46(40-30-20-17-21-31-40,41-32-22-18-23-33-41)42-34-24-19-25-35-42;/h10,12,17-25,30-35,43H,3-9,11,13-16,26-29,36-39H2,1-2H3;1H/q+1;/p-1. The molecule has 0 unspecified atom stereocenters. The van der Waals surface area contributed by atoms with Crippen LogP contribution in [-0.2, 0) is 9.47 Å². The number of benzene rings is 3. The first-order valence-electron chi connectivity index (χ1n) is 18.7. The Kier molecular flexibility index (Phi) is 24.2. The SMILES string of the molecule is CCCCCCCOC(CCCCCC=CCCC[P+](c1ccccc1)(c1ccccc1)c1ccccc1)OCCCCCCC.[I-]. The fraction of sp³-hybridized carbons (Fsp3) is 0.535. The predicted octanol–water partition coefficient (Wildman–Crippen LogP) is 8.57. The highest BCUT2D eigenvalue weighted by atomic mass is 127. The molecule has 0 amide bonds. The van der Waals surface area contributed by atoms with E-state index in [1.54, 1.807) is 0 Å². The molecule has 3 rings (SSSR count). The lowest BCUT2D eigenvalue weighted by atomic mass is 10.1. The van der Waals surface area contributed by atoms with E-state index in [9.17, 15) is 0 Å². The van der Waals surface area contributed by atoms with Crippen molar-refractivity contribution < 1.29 is 33.5 Å². The van der Waals surface area contributed by atoms with E-state index in [1.807, 2.05) is 0 Å². The third kappa shape index (κ3) is 16.2. The molecule has 0 fully saturated rings. The van der Waals surface area contributed by atoms with Gasteiger partial charge in [-0.25, -0.2) is 0 Å². The Morgan fingerprint density at radius 1 is 0.489 bits per heavy atom. The van der Waals surface area contributed by atoms with Crippen molar-refractivity contribution in [3.63, 3.8) is 0 Å². The number of hydrogen-bond donors (Lipinski definition) is 0. The number of allylic oxidation sites excluding steroid dienone is 2. The summed E-state index contributed by atoms with van der Waals surface area (Å²) in [7, 11) is -1.72. The molecular formula is C43H64IO2P. The van der Waals surface area contributed by atoms with Crippen LogP contribution in [0.25, 0.3) is 0 Å². The van der Waals surface area contributed by atoms with E-state index in [2.05, 4.69) is 117 Å². The van der Waals surface area contributed by atoms with Crippen LogP contribution in [0.3, 0.4) is 0 Å². The summed E-state index contributed by atoms with van der Waals surface area (Å²) in [5, 5.41) is 4.45. The van der Waals surface area contributed by atoms with Crippen molar-refractivity contribution in [1.82, 2.24) is 0 Å². The van der Waals surface area contributed by atoms with Gasteiger partial charge in [-0.15, -0.1) is 0 Å². The van der Waals surface area contributed by atoms with Gasteiger partial charge < -0.3 is 33.5 Å². The summed E-state index contributed by atoms with van der Waals surface area (Å²) in [6.45, 7) is 6.23. The molecule has 0 bridgehead atoms. The Morgan fingerprint density at radius 2 is 0.894 bits per heavy atom. The van der Waals surface area contributed by atoms with Crippen LogP contribution in [0, 0.1) is 0 Å². The van der Waals surface area contributed by atoms with E-state index < -0.39 is 7.26 Å². The lowest BCUT2D eigenvalue weighted by Gasteiger charge is -2.27. The van der Waals surface area contributed by atoms with Gasteiger partial charge >= 0.3 is 0 Å². The Hall–Kier alpha value is -1.52. The van der Waals surface area contributed by atoms with Gasteiger partial charge in [0.05, 0.1) is 6.16 Å². The molecule has 0 aliphatic heterocycles. The highest BCUT2D eigenvalue weighted by Crippen LogP contribution is 2.55. The number of halogens is 1. The maximum Gasteiger partial charge on any atom is 0.157 e. The summed E-state index contributed by atoms with van der Waals surface area (Å²) in [5.41, 5.74) is 0. The highest BCUT2D eigenvalue weighted by Gasteiger charge is 2.44. The number of hydrogen-bond acceptors (Lipinski definition) is 2. The molecular weight excluding hydrogens is 706 g/mol. The quantitative estimate of drug-likeness (QED) is 0.0255.